The van der Waals surface area contributed by atoms with Crippen LogP contribution in [0.2, 0.25) is 0 Å². The minimum atomic E-state index is -0.337. The van der Waals surface area contributed by atoms with Gasteiger partial charge in [-0.3, -0.25) is 4.79 Å². The number of nitrogens with zero attached hydrogens (tertiary/aromatic N) is 2. The van der Waals surface area contributed by atoms with E-state index in [-0.39, 0.29) is 23.8 Å². The van der Waals surface area contributed by atoms with Crippen LogP contribution in [0.25, 0.3) is 11.0 Å². The Balaban J connectivity index is 2.02. The Morgan fingerprint density at radius 3 is 2.30 bits per heavy atom. The molecule has 23 heavy (non-hydrogen) atoms. The fourth-order valence-electron chi connectivity index (χ4n) is 2.33. The molecule has 116 valence electrons. The molecule has 3 aromatic rings. The van der Waals surface area contributed by atoms with E-state index in [9.17, 15) is 9.90 Å². The van der Waals surface area contributed by atoms with E-state index in [2.05, 4.69) is 9.97 Å². The van der Waals surface area contributed by atoms with Gasteiger partial charge in [-0.1, -0.05) is 12.1 Å². The van der Waals surface area contributed by atoms with Crippen LogP contribution in [0.1, 0.15) is 28.7 Å². The van der Waals surface area contributed by atoms with Crippen LogP contribution in [-0.2, 0) is 6.61 Å². The van der Waals surface area contributed by atoms with Gasteiger partial charge in [0, 0.05) is 5.56 Å². The number of benzene rings is 2. The quantitative estimate of drug-likeness (QED) is 0.734. The lowest BCUT2D eigenvalue weighted by atomic mass is 10.1. The molecule has 1 aromatic heterocycles. The van der Waals surface area contributed by atoms with Crippen molar-refractivity contribution in [3.63, 3.8) is 0 Å². The molecule has 1 N–H and O–H groups in total. The lowest BCUT2D eigenvalue weighted by Gasteiger charge is -2.08. The molecule has 3 rings (SSSR count). The van der Waals surface area contributed by atoms with E-state index in [0.29, 0.717) is 29.0 Å². The van der Waals surface area contributed by atoms with Crippen molar-refractivity contribution in [3.05, 3.63) is 65.5 Å². The molecule has 5 heteroatoms. The second-order valence-corrected chi connectivity index (χ2v) is 4.95. The summed E-state index contributed by atoms with van der Waals surface area (Å²) in [5.74, 6) is 0.436. The Kier molecular flexibility index (Phi) is 4.30. The van der Waals surface area contributed by atoms with Crippen molar-refractivity contribution in [3.8, 4) is 5.75 Å². The van der Waals surface area contributed by atoms with Gasteiger partial charge in [0.15, 0.2) is 0 Å². The zero-order valence-corrected chi connectivity index (χ0v) is 12.7. The summed E-state index contributed by atoms with van der Waals surface area (Å²) in [6.07, 6.45) is 0. The SMILES string of the molecule is CCOc1ccc(C(=O)c2nc3ccccc3nc2CO)cc1. The number of aliphatic hydroxyl groups excluding tert-OH is 1. The predicted octanol–water partition coefficient (Wildman–Crippen LogP) is 2.75. The molecule has 0 saturated carbocycles. The molecule has 0 spiro atoms. The van der Waals surface area contributed by atoms with Gasteiger partial charge in [0.05, 0.1) is 29.9 Å². The smallest absolute Gasteiger partial charge is 0.213 e. The molecule has 0 saturated heterocycles. The maximum Gasteiger partial charge on any atom is 0.213 e. The Labute approximate surface area is 133 Å². The maximum absolute atomic E-state index is 12.7. The normalized spacial score (nSPS) is 10.7. The number of aliphatic hydroxyl groups is 1. The zero-order chi connectivity index (χ0) is 16.2. The summed E-state index contributed by atoms with van der Waals surface area (Å²) >= 11 is 0. The molecular formula is C18H16N2O3. The Morgan fingerprint density at radius 2 is 1.70 bits per heavy atom. The summed E-state index contributed by atoms with van der Waals surface area (Å²) in [5.41, 5.74) is 2.21. The van der Waals surface area contributed by atoms with Crippen LogP contribution in [0, 0.1) is 0 Å². The Bertz CT molecular complexity index is 845. The van der Waals surface area contributed by atoms with Gasteiger partial charge in [0.25, 0.3) is 0 Å². The van der Waals surface area contributed by atoms with Crippen molar-refractivity contribution in [2.75, 3.05) is 6.61 Å². The number of rotatable bonds is 5. The minimum absolute atomic E-state index is 0.176. The highest BCUT2D eigenvalue weighted by molar-refractivity contribution is 6.09. The fourth-order valence-corrected chi connectivity index (χ4v) is 2.33. The molecular weight excluding hydrogens is 292 g/mol. The highest BCUT2D eigenvalue weighted by Crippen LogP contribution is 2.18. The lowest BCUT2D eigenvalue weighted by Crippen LogP contribution is -2.11. The highest BCUT2D eigenvalue weighted by atomic mass is 16.5. The summed E-state index contributed by atoms with van der Waals surface area (Å²) in [6.45, 7) is 2.13. The van der Waals surface area contributed by atoms with E-state index >= 15 is 0 Å². The fraction of sp³-hybridized carbons (Fsp3) is 0.167. The van der Waals surface area contributed by atoms with E-state index in [1.165, 1.54) is 0 Å². The standard InChI is InChI=1S/C18H16N2O3/c1-2-23-13-9-7-12(8-10-13)18(22)17-16(11-21)19-14-5-3-4-6-15(14)20-17/h3-10,21H,2,11H2,1H3. The van der Waals surface area contributed by atoms with Gasteiger partial charge in [0.2, 0.25) is 5.78 Å². The van der Waals surface area contributed by atoms with Gasteiger partial charge in [-0.15, -0.1) is 0 Å². The molecule has 0 fully saturated rings. The second-order valence-electron chi connectivity index (χ2n) is 4.95. The highest BCUT2D eigenvalue weighted by Gasteiger charge is 2.17. The van der Waals surface area contributed by atoms with Crippen LogP contribution in [-0.4, -0.2) is 27.5 Å². The van der Waals surface area contributed by atoms with Gasteiger partial charge in [0.1, 0.15) is 11.4 Å². The third-order valence-electron chi connectivity index (χ3n) is 3.44. The van der Waals surface area contributed by atoms with Gasteiger partial charge in [-0.05, 0) is 43.3 Å². The number of para-hydroxylation sites is 2. The number of ether oxygens (including phenoxy) is 1. The average molecular weight is 308 g/mol. The van der Waals surface area contributed by atoms with E-state index < -0.39 is 0 Å². The summed E-state index contributed by atoms with van der Waals surface area (Å²) in [4.78, 5) is 21.4. The van der Waals surface area contributed by atoms with E-state index in [4.69, 9.17) is 4.74 Å². The molecule has 0 unspecified atom stereocenters. The van der Waals surface area contributed by atoms with Crippen molar-refractivity contribution >= 4 is 16.8 Å². The van der Waals surface area contributed by atoms with Crippen molar-refractivity contribution in [2.45, 2.75) is 13.5 Å². The average Bonchev–Trinajstić information content (AvgIpc) is 2.61. The Morgan fingerprint density at radius 1 is 1.04 bits per heavy atom. The van der Waals surface area contributed by atoms with Crippen LogP contribution in [0.4, 0.5) is 0 Å². The van der Waals surface area contributed by atoms with Crippen LogP contribution in [0.15, 0.2) is 48.5 Å². The molecule has 5 nitrogen and oxygen atoms in total. The zero-order valence-electron chi connectivity index (χ0n) is 12.7. The van der Waals surface area contributed by atoms with Gasteiger partial charge in [-0.25, -0.2) is 9.97 Å². The summed E-state index contributed by atoms with van der Waals surface area (Å²) in [7, 11) is 0. The molecule has 1 heterocycles. The first kappa shape index (κ1) is 15.1. The lowest BCUT2D eigenvalue weighted by molar-refractivity contribution is 0.103. The summed E-state index contributed by atoms with van der Waals surface area (Å²) < 4.78 is 5.37. The minimum Gasteiger partial charge on any atom is -0.494 e. The van der Waals surface area contributed by atoms with E-state index in [0.717, 1.165) is 0 Å². The van der Waals surface area contributed by atoms with Crippen molar-refractivity contribution in [1.82, 2.24) is 9.97 Å². The topological polar surface area (TPSA) is 72.3 Å². The third kappa shape index (κ3) is 3.05. The van der Waals surface area contributed by atoms with Crippen LogP contribution >= 0.6 is 0 Å². The maximum atomic E-state index is 12.7. The van der Waals surface area contributed by atoms with Crippen molar-refractivity contribution in [2.24, 2.45) is 0 Å². The van der Waals surface area contributed by atoms with Crippen molar-refractivity contribution < 1.29 is 14.6 Å². The molecule has 2 aromatic carbocycles. The third-order valence-corrected chi connectivity index (χ3v) is 3.44. The first-order valence-electron chi connectivity index (χ1n) is 7.37. The monoisotopic (exact) mass is 308 g/mol. The van der Waals surface area contributed by atoms with Gasteiger partial charge < -0.3 is 9.84 Å². The van der Waals surface area contributed by atoms with Crippen LogP contribution < -0.4 is 4.74 Å². The number of carbonyl (C=O) groups is 1. The molecule has 0 radical (unpaired) electrons. The molecule has 0 bridgehead atoms. The molecule has 0 atom stereocenters. The number of ketones is 1. The van der Waals surface area contributed by atoms with Gasteiger partial charge >= 0.3 is 0 Å². The number of hydrogen-bond acceptors (Lipinski definition) is 5. The second kappa shape index (κ2) is 6.54. The van der Waals surface area contributed by atoms with Gasteiger partial charge in [-0.2, -0.15) is 0 Å². The number of carbonyl (C=O) groups excluding carboxylic acids is 1. The molecule has 0 aliphatic heterocycles. The largest absolute Gasteiger partial charge is 0.494 e. The van der Waals surface area contributed by atoms with Crippen LogP contribution in [0.5, 0.6) is 5.75 Å². The van der Waals surface area contributed by atoms with Crippen molar-refractivity contribution in [1.29, 1.82) is 0 Å². The molecule has 0 aliphatic rings. The predicted molar refractivity (Wildman–Crippen MR) is 86.5 cm³/mol. The molecule has 0 amide bonds. The number of aromatic nitrogens is 2. The van der Waals surface area contributed by atoms with E-state index in [1.807, 2.05) is 19.1 Å². The van der Waals surface area contributed by atoms with E-state index in [1.54, 1.807) is 36.4 Å². The van der Waals surface area contributed by atoms with Crippen LogP contribution in [0.3, 0.4) is 0 Å². The summed E-state index contributed by atoms with van der Waals surface area (Å²) in [5, 5.41) is 9.51. The first-order chi connectivity index (χ1) is 11.2. The summed E-state index contributed by atoms with van der Waals surface area (Å²) in [6, 6.07) is 14.1. The number of fused-ring (bicyclic) bond motifs is 1. The number of hydrogen-bond donors (Lipinski definition) is 1. The Hall–Kier alpha value is -2.79. The molecule has 0 aliphatic carbocycles. The first-order valence-corrected chi connectivity index (χ1v) is 7.37.